The molecule has 0 fully saturated rings. The summed E-state index contributed by atoms with van der Waals surface area (Å²) in [6, 6.07) is 1.91. The Bertz CT molecular complexity index is 1000. The third-order valence-electron chi connectivity index (χ3n) is 5.24. The van der Waals surface area contributed by atoms with Crippen LogP contribution in [0.15, 0.2) is 57.9 Å². The zero-order valence-electron chi connectivity index (χ0n) is 19.2. The lowest BCUT2D eigenvalue weighted by Gasteiger charge is -2.23. The fraction of sp³-hybridized carbons (Fsp3) is 0.435. The van der Waals surface area contributed by atoms with E-state index in [1.165, 1.54) is 12.2 Å². The van der Waals surface area contributed by atoms with Crippen LogP contribution >= 0.6 is 0 Å². The van der Waals surface area contributed by atoms with E-state index in [-0.39, 0.29) is 0 Å². The van der Waals surface area contributed by atoms with Gasteiger partial charge < -0.3 is 5.73 Å². The molecule has 1 aromatic heterocycles. The lowest BCUT2D eigenvalue weighted by Crippen LogP contribution is -2.37. The lowest BCUT2D eigenvalue weighted by molar-refractivity contribution is -0.0883. The van der Waals surface area contributed by atoms with E-state index in [9.17, 15) is 13.2 Å². The van der Waals surface area contributed by atoms with Crippen molar-refractivity contribution < 1.29 is 13.2 Å². The summed E-state index contributed by atoms with van der Waals surface area (Å²) in [4.78, 5) is 8.11. The van der Waals surface area contributed by atoms with Crippen LogP contribution in [0.25, 0.3) is 5.57 Å². The molecule has 0 aromatic carbocycles. The van der Waals surface area contributed by atoms with Crippen molar-refractivity contribution in [1.82, 2.24) is 19.8 Å². The molecule has 0 spiro atoms. The van der Waals surface area contributed by atoms with Crippen LogP contribution in [0.5, 0.6) is 0 Å². The predicted octanol–water partition coefficient (Wildman–Crippen LogP) is 4.42. The number of allylic oxidation sites excluding steroid dienone is 6. The molecule has 0 aliphatic carbocycles. The largest absolute Gasteiger partial charge is 0.416 e. The summed E-state index contributed by atoms with van der Waals surface area (Å²) in [6.45, 7) is 5.01. The van der Waals surface area contributed by atoms with Gasteiger partial charge in [-0.15, -0.1) is 0 Å². The smallest absolute Gasteiger partial charge is 0.382 e. The average molecular weight is 462 g/mol. The van der Waals surface area contributed by atoms with Crippen LogP contribution < -0.4 is 5.73 Å². The van der Waals surface area contributed by atoms with Gasteiger partial charge in [0.25, 0.3) is 0 Å². The van der Waals surface area contributed by atoms with Crippen molar-refractivity contribution in [2.75, 3.05) is 13.7 Å². The predicted molar refractivity (Wildman–Crippen MR) is 125 cm³/mol. The van der Waals surface area contributed by atoms with Gasteiger partial charge in [-0.3, -0.25) is 9.69 Å². The molecule has 2 N–H and O–H groups in total. The maximum Gasteiger partial charge on any atom is 0.416 e. The van der Waals surface area contributed by atoms with E-state index in [1.54, 1.807) is 38.4 Å². The molecule has 0 radical (unpaired) electrons. The number of aromatic nitrogens is 2. The normalized spacial score (nSPS) is 19.2. The third kappa shape index (κ3) is 6.22. The maximum absolute atomic E-state index is 13.1. The van der Waals surface area contributed by atoms with Crippen molar-refractivity contribution in [3.8, 4) is 0 Å². The number of fused-ring (bicyclic) bond motifs is 2. The van der Waals surface area contributed by atoms with Gasteiger partial charge in [0.1, 0.15) is 12.5 Å². The Morgan fingerprint density at radius 3 is 2.73 bits per heavy atom. The van der Waals surface area contributed by atoms with Crippen molar-refractivity contribution >= 4 is 17.6 Å². The van der Waals surface area contributed by atoms with Crippen molar-refractivity contribution in [3.63, 3.8) is 0 Å². The standard InChI is InChI=1S/C17H21F3N2.C6H9N5/c1-3-7-13(11-14(8-4-2)17(18,19)20)16-12-15-9-5-6-10-22(15)21-16;1-10-4-9-6-2-8-5(7)3-11(6)10/h3,7-8,11-12H,4-6,9-10H2,1-2H3;2-3H,4,7H2,1H3/b7-3-,13-11+,14-8-;. The van der Waals surface area contributed by atoms with Crippen LogP contribution in [-0.4, -0.2) is 51.7 Å². The number of hydrogen-bond acceptors (Lipinski definition) is 6. The van der Waals surface area contributed by atoms with Crippen LogP contribution in [0.3, 0.4) is 0 Å². The van der Waals surface area contributed by atoms with Crippen molar-refractivity contribution in [2.24, 2.45) is 15.7 Å². The number of hydrazine groups is 1. The lowest BCUT2D eigenvalue weighted by atomic mass is 10.0. The van der Waals surface area contributed by atoms with Crippen LogP contribution in [0.1, 0.15) is 44.5 Å². The highest BCUT2D eigenvalue weighted by molar-refractivity contribution is 6.30. The summed E-state index contributed by atoms with van der Waals surface area (Å²) >= 11 is 0. The number of rotatable bonds is 4. The second-order valence-corrected chi connectivity index (χ2v) is 7.84. The molecule has 0 saturated carbocycles. The number of hydrogen-bond donors (Lipinski definition) is 1. The Kier molecular flexibility index (Phi) is 7.91. The first-order valence-corrected chi connectivity index (χ1v) is 11.0. The molecule has 178 valence electrons. The van der Waals surface area contributed by atoms with Gasteiger partial charge in [-0.2, -0.15) is 23.3 Å². The first kappa shape index (κ1) is 24.5. The van der Waals surface area contributed by atoms with Gasteiger partial charge in [0.05, 0.1) is 23.7 Å². The Hall–Kier alpha value is -3.14. The Labute approximate surface area is 192 Å². The first-order chi connectivity index (χ1) is 15.7. The molecule has 7 nitrogen and oxygen atoms in total. The minimum Gasteiger partial charge on any atom is -0.382 e. The summed E-state index contributed by atoms with van der Waals surface area (Å²) in [7, 11) is 1.94. The summed E-state index contributed by atoms with van der Waals surface area (Å²) in [5.41, 5.74) is 7.09. The minimum absolute atomic E-state index is 0.341. The zero-order chi connectivity index (χ0) is 24.0. The fourth-order valence-electron chi connectivity index (χ4n) is 3.64. The number of halogens is 3. The third-order valence-corrected chi connectivity index (χ3v) is 5.24. The summed E-state index contributed by atoms with van der Waals surface area (Å²) in [5, 5.41) is 8.30. The molecule has 3 aliphatic rings. The number of nitrogens with zero attached hydrogens (tertiary/aromatic N) is 6. The van der Waals surface area contributed by atoms with Crippen LogP contribution in [0.4, 0.5) is 13.2 Å². The van der Waals surface area contributed by atoms with E-state index in [2.05, 4.69) is 15.1 Å². The molecule has 4 heterocycles. The molecule has 33 heavy (non-hydrogen) atoms. The van der Waals surface area contributed by atoms with E-state index >= 15 is 0 Å². The highest BCUT2D eigenvalue weighted by Crippen LogP contribution is 2.30. The molecule has 10 heteroatoms. The second kappa shape index (κ2) is 10.7. The minimum atomic E-state index is -4.35. The fourth-order valence-corrected chi connectivity index (χ4v) is 3.64. The maximum atomic E-state index is 13.1. The molecular weight excluding hydrogens is 431 g/mol. The number of nitrogens with two attached hydrogens (primary N) is 1. The van der Waals surface area contributed by atoms with Gasteiger partial charge in [-0.05, 0) is 44.7 Å². The monoisotopic (exact) mass is 461 g/mol. The molecular formula is C23H30F3N7. The van der Waals surface area contributed by atoms with E-state index in [0.29, 0.717) is 30.2 Å². The summed E-state index contributed by atoms with van der Waals surface area (Å²) in [5.74, 6) is 1.36. The summed E-state index contributed by atoms with van der Waals surface area (Å²) < 4.78 is 41.2. The van der Waals surface area contributed by atoms with Crippen LogP contribution in [0.2, 0.25) is 0 Å². The van der Waals surface area contributed by atoms with Crippen LogP contribution in [0, 0.1) is 0 Å². The highest BCUT2D eigenvalue weighted by atomic mass is 19.4. The average Bonchev–Trinajstić information content (AvgIpc) is 3.36. The highest BCUT2D eigenvalue weighted by Gasteiger charge is 2.32. The zero-order valence-corrected chi connectivity index (χ0v) is 19.2. The van der Waals surface area contributed by atoms with Crippen molar-refractivity contribution in [3.05, 3.63) is 59.4 Å². The van der Waals surface area contributed by atoms with Gasteiger partial charge in [0, 0.05) is 24.9 Å². The van der Waals surface area contributed by atoms with E-state index < -0.39 is 11.7 Å². The molecule has 0 amide bonds. The molecule has 4 rings (SSSR count). The van der Waals surface area contributed by atoms with Crippen molar-refractivity contribution in [1.29, 1.82) is 0 Å². The van der Waals surface area contributed by atoms with E-state index in [1.807, 2.05) is 27.8 Å². The topological polar surface area (TPSA) is 75.0 Å². The van der Waals surface area contributed by atoms with E-state index in [0.717, 1.165) is 37.3 Å². The second-order valence-electron chi connectivity index (χ2n) is 7.84. The Morgan fingerprint density at radius 1 is 1.27 bits per heavy atom. The molecule has 1 aromatic rings. The Morgan fingerprint density at radius 2 is 2.06 bits per heavy atom. The number of aliphatic imine (C=N–C) groups is 2. The van der Waals surface area contributed by atoms with Gasteiger partial charge in [-0.25, -0.2) is 9.98 Å². The number of amidine groups is 1. The number of alkyl halides is 3. The quantitative estimate of drug-likeness (QED) is 0.674. The van der Waals surface area contributed by atoms with Gasteiger partial charge >= 0.3 is 6.18 Å². The number of aryl methyl sites for hydroxylation is 2. The molecule has 0 atom stereocenters. The SMILES string of the molecule is CN1CN=C2C=NC(N)=CN21.C\C=C/C(=C\C(=C\CC)C(F)(F)F)c1cc2n(n1)CCCC2. The van der Waals surface area contributed by atoms with Gasteiger partial charge in [-0.1, -0.05) is 25.2 Å². The van der Waals surface area contributed by atoms with Gasteiger partial charge in [0.2, 0.25) is 0 Å². The molecule has 0 saturated heterocycles. The van der Waals surface area contributed by atoms with Crippen LogP contribution in [-0.2, 0) is 13.0 Å². The molecule has 3 aliphatic heterocycles. The van der Waals surface area contributed by atoms with E-state index in [4.69, 9.17) is 5.73 Å². The molecule has 0 bridgehead atoms. The van der Waals surface area contributed by atoms with Gasteiger partial charge in [0.15, 0.2) is 5.84 Å². The van der Waals surface area contributed by atoms with Crippen molar-refractivity contribution in [2.45, 2.75) is 52.3 Å². The molecule has 0 unspecified atom stereocenters. The first-order valence-electron chi connectivity index (χ1n) is 11.0. The Balaban J connectivity index is 0.000000231. The summed E-state index contributed by atoms with van der Waals surface area (Å²) in [6.07, 6.45) is 8.36.